The second-order valence-electron chi connectivity index (χ2n) is 5.85. The van der Waals surface area contributed by atoms with Crippen LogP contribution in [0.2, 0.25) is 10.0 Å². The van der Waals surface area contributed by atoms with Crippen molar-refractivity contribution in [2.75, 3.05) is 14.2 Å². The van der Waals surface area contributed by atoms with E-state index in [9.17, 15) is 9.59 Å². The Balaban J connectivity index is 2.12. The predicted octanol–water partition coefficient (Wildman–Crippen LogP) is 3.98. The third-order valence-electron chi connectivity index (χ3n) is 4.12. The fraction of sp³-hybridized carbons (Fsp3) is 0.150. The summed E-state index contributed by atoms with van der Waals surface area (Å²) in [5.41, 5.74) is 0.673. The first-order valence-corrected chi connectivity index (χ1v) is 9.08. The maximum atomic E-state index is 12.7. The summed E-state index contributed by atoms with van der Waals surface area (Å²) >= 11 is 12.8. The van der Waals surface area contributed by atoms with Gasteiger partial charge in [0.2, 0.25) is 5.91 Å². The van der Waals surface area contributed by atoms with Gasteiger partial charge >= 0.3 is 0 Å². The number of nitrogens with one attached hydrogen (secondary N) is 1. The van der Waals surface area contributed by atoms with Crippen molar-refractivity contribution in [2.45, 2.75) is 6.54 Å². The number of nitrogens with zero attached hydrogens (tertiary/aromatic N) is 1. The second kappa shape index (κ2) is 8.55. The molecule has 1 amide bonds. The van der Waals surface area contributed by atoms with Gasteiger partial charge in [-0.15, -0.1) is 0 Å². The number of hydrogen-bond acceptors (Lipinski definition) is 6. The smallest absolute Gasteiger partial charge is 0.243 e. The summed E-state index contributed by atoms with van der Waals surface area (Å²) in [5.74, 6) is 0.434. The van der Waals surface area contributed by atoms with Gasteiger partial charge in [0.05, 0.1) is 53.7 Å². The number of rotatable bonds is 6. The number of methoxy groups -OCH3 is 2. The van der Waals surface area contributed by atoms with E-state index in [1.165, 1.54) is 26.5 Å². The van der Waals surface area contributed by atoms with Crippen molar-refractivity contribution in [3.8, 4) is 22.8 Å². The van der Waals surface area contributed by atoms with Crippen LogP contribution in [0, 0.1) is 0 Å². The molecule has 0 unspecified atom stereocenters. The molecule has 3 rings (SSSR count). The largest absolute Gasteiger partial charge is 0.495 e. The SMILES string of the molecule is C=CC(=O)NCc1cc2c(=O)cc(-c3c(Cl)c(OC)cc(OC)c3Cl)oc2cn1. The summed E-state index contributed by atoms with van der Waals surface area (Å²) in [7, 11) is 2.90. The van der Waals surface area contributed by atoms with Crippen molar-refractivity contribution < 1.29 is 18.7 Å². The molecule has 0 saturated heterocycles. The number of pyridine rings is 1. The Morgan fingerprint density at radius 2 is 1.86 bits per heavy atom. The van der Waals surface area contributed by atoms with Gasteiger partial charge in [-0.1, -0.05) is 29.8 Å². The van der Waals surface area contributed by atoms with E-state index >= 15 is 0 Å². The molecule has 0 aliphatic carbocycles. The van der Waals surface area contributed by atoms with Crippen molar-refractivity contribution >= 4 is 40.1 Å². The minimum Gasteiger partial charge on any atom is -0.495 e. The molecule has 3 aromatic rings. The quantitative estimate of drug-likeness (QED) is 0.589. The minimum absolute atomic E-state index is 0.143. The predicted molar refractivity (Wildman–Crippen MR) is 111 cm³/mol. The maximum absolute atomic E-state index is 12.7. The molecule has 0 radical (unpaired) electrons. The summed E-state index contributed by atoms with van der Waals surface area (Å²) in [4.78, 5) is 28.2. The monoisotopic (exact) mass is 434 g/mol. The van der Waals surface area contributed by atoms with Gasteiger partial charge in [-0.25, -0.2) is 0 Å². The normalized spacial score (nSPS) is 10.6. The highest BCUT2D eigenvalue weighted by molar-refractivity contribution is 6.41. The van der Waals surface area contributed by atoms with Crippen LogP contribution in [0.25, 0.3) is 22.3 Å². The lowest BCUT2D eigenvalue weighted by Gasteiger charge is -2.14. The van der Waals surface area contributed by atoms with Crippen molar-refractivity contribution in [2.24, 2.45) is 0 Å². The van der Waals surface area contributed by atoms with E-state index in [0.717, 1.165) is 6.08 Å². The molecule has 7 nitrogen and oxygen atoms in total. The zero-order valence-electron chi connectivity index (χ0n) is 15.5. The standard InChI is InChI=1S/C20H16Cl2N2O5/c1-4-17(26)24-8-10-5-11-12(25)6-13(29-16(11)9-23-10)18-19(21)14(27-2)7-15(28-3)20(18)22/h4-7,9H,1,8H2,2-3H3,(H,24,26). The van der Waals surface area contributed by atoms with Gasteiger partial charge in [-0.2, -0.15) is 0 Å². The average Bonchev–Trinajstić information content (AvgIpc) is 2.72. The molecule has 2 heterocycles. The van der Waals surface area contributed by atoms with Crippen LogP contribution in [0.15, 0.2) is 46.3 Å². The third-order valence-corrected chi connectivity index (χ3v) is 4.87. The summed E-state index contributed by atoms with van der Waals surface area (Å²) in [6.45, 7) is 3.52. The Kier molecular flexibility index (Phi) is 6.10. The molecular weight excluding hydrogens is 419 g/mol. The maximum Gasteiger partial charge on any atom is 0.243 e. The summed E-state index contributed by atoms with van der Waals surface area (Å²) in [6, 6.07) is 4.36. The van der Waals surface area contributed by atoms with E-state index in [2.05, 4.69) is 16.9 Å². The van der Waals surface area contributed by atoms with E-state index < -0.39 is 0 Å². The third kappa shape index (κ3) is 4.06. The van der Waals surface area contributed by atoms with Gasteiger partial charge in [0.15, 0.2) is 11.0 Å². The van der Waals surface area contributed by atoms with Gasteiger partial charge in [0.1, 0.15) is 17.3 Å². The number of ether oxygens (including phenoxy) is 2. The molecule has 1 aromatic carbocycles. The van der Waals surface area contributed by atoms with Crippen molar-refractivity contribution in [3.63, 3.8) is 0 Å². The lowest BCUT2D eigenvalue weighted by molar-refractivity contribution is -0.116. The second-order valence-corrected chi connectivity index (χ2v) is 6.61. The Morgan fingerprint density at radius 3 is 2.45 bits per heavy atom. The lowest BCUT2D eigenvalue weighted by Crippen LogP contribution is -2.20. The molecule has 0 saturated carbocycles. The van der Waals surface area contributed by atoms with E-state index in [-0.39, 0.29) is 44.8 Å². The molecule has 0 bridgehead atoms. The van der Waals surface area contributed by atoms with Gasteiger partial charge in [-0.3, -0.25) is 14.6 Å². The fourth-order valence-electron chi connectivity index (χ4n) is 2.68. The molecule has 0 fully saturated rings. The number of benzene rings is 1. The topological polar surface area (TPSA) is 90.7 Å². The molecular formula is C20H16Cl2N2O5. The Bertz CT molecular complexity index is 1150. The zero-order chi connectivity index (χ0) is 21.1. The summed E-state index contributed by atoms with van der Waals surface area (Å²) in [6.07, 6.45) is 2.55. The Morgan fingerprint density at radius 1 is 1.21 bits per heavy atom. The number of fused-ring (bicyclic) bond motifs is 1. The molecule has 150 valence electrons. The minimum atomic E-state index is -0.342. The number of aromatic nitrogens is 1. The molecule has 9 heteroatoms. The zero-order valence-corrected chi connectivity index (χ0v) is 17.1. The van der Waals surface area contributed by atoms with Gasteiger partial charge in [-0.05, 0) is 12.1 Å². The number of carbonyl (C=O) groups is 1. The van der Waals surface area contributed by atoms with Gasteiger partial charge in [0, 0.05) is 12.1 Å². The van der Waals surface area contributed by atoms with E-state index in [0.29, 0.717) is 22.6 Å². The number of amides is 1. The van der Waals surface area contributed by atoms with Crippen LogP contribution in [0.3, 0.4) is 0 Å². The molecule has 0 atom stereocenters. The van der Waals surface area contributed by atoms with Crippen LogP contribution in [-0.2, 0) is 11.3 Å². The lowest BCUT2D eigenvalue weighted by atomic mass is 10.1. The Hall–Kier alpha value is -3.03. The van der Waals surface area contributed by atoms with Crippen molar-refractivity contribution in [3.05, 3.63) is 63.0 Å². The fourth-order valence-corrected chi connectivity index (χ4v) is 3.36. The van der Waals surface area contributed by atoms with Gasteiger partial charge < -0.3 is 19.2 Å². The molecule has 2 aromatic heterocycles. The van der Waals surface area contributed by atoms with Crippen LogP contribution in [0.5, 0.6) is 11.5 Å². The van der Waals surface area contributed by atoms with E-state index in [4.69, 9.17) is 37.1 Å². The first-order valence-electron chi connectivity index (χ1n) is 8.33. The highest BCUT2D eigenvalue weighted by atomic mass is 35.5. The van der Waals surface area contributed by atoms with Crippen LogP contribution in [0.4, 0.5) is 0 Å². The van der Waals surface area contributed by atoms with Crippen LogP contribution in [0.1, 0.15) is 5.69 Å². The molecule has 1 N–H and O–H groups in total. The molecule has 0 aliphatic heterocycles. The number of hydrogen-bond donors (Lipinski definition) is 1. The molecule has 29 heavy (non-hydrogen) atoms. The van der Waals surface area contributed by atoms with E-state index in [1.54, 1.807) is 12.1 Å². The van der Waals surface area contributed by atoms with Crippen LogP contribution in [-0.4, -0.2) is 25.1 Å². The highest BCUT2D eigenvalue weighted by Gasteiger charge is 2.21. The van der Waals surface area contributed by atoms with E-state index in [1.807, 2.05) is 0 Å². The molecule has 0 spiro atoms. The first kappa shape index (κ1) is 20.7. The average molecular weight is 435 g/mol. The van der Waals surface area contributed by atoms with Crippen LogP contribution < -0.4 is 20.2 Å². The summed E-state index contributed by atoms with van der Waals surface area (Å²) in [5, 5.41) is 3.25. The Labute approximate surface area is 175 Å². The van der Waals surface area contributed by atoms with Crippen molar-refractivity contribution in [1.29, 1.82) is 0 Å². The first-order chi connectivity index (χ1) is 13.9. The summed E-state index contributed by atoms with van der Waals surface area (Å²) < 4.78 is 16.3. The highest BCUT2D eigenvalue weighted by Crippen LogP contribution is 2.45. The number of halogens is 2. The number of carbonyl (C=O) groups excluding carboxylic acids is 1. The van der Waals surface area contributed by atoms with Gasteiger partial charge in [0.25, 0.3) is 0 Å². The molecule has 0 aliphatic rings. The van der Waals surface area contributed by atoms with Crippen LogP contribution >= 0.6 is 23.2 Å². The van der Waals surface area contributed by atoms with Crippen molar-refractivity contribution in [1.82, 2.24) is 10.3 Å².